The SMILES string of the molecule is [2H]c1cc(N(c2c([2H])c([2H])c(-c3cc([2H])c([2H])c([2H])c3[2H])c([2H])c2[2H])c2c([2H])c([2H])c(-c3c([2H])c([2H])c([2H])c([2H])c3[2H])c([2H])c2[2H])c([2H])cc1-c1c([2H])c([2H])c2c(c1[2H])C1(c3c([2H])c([2H])c([2H])c([2H])c3-c3c([2H])c([2H])c([2H])c([2H])c31)c1c([2H])c([2H])c([2H])c([2H])c1-2. The third-order valence-electron chi connectivity index (χ3n) is 9.35. The van der Waals surface area contributed by atoms with Crippen LogP contribution in [0.15, 0.2) is 224 Å². The molecule has 0 unspecified atom stereocenters. The quantitative estimate of drug-likeness (QED) is 0.164. The molecule has 1 spiro atoms. The molecule has 9 aromatic rings. The first kappa shape index (κ1) is 12.9. The Hall–Kier alpha value is -7.22. The summed E-state index contributed by atoms with van der Waals surface area (Å²) >= 11 is 0. The first-order chi connectivity index (χ1) is 41.9. The lowest BCUT2D eigenvalue weighted by atomic mass is 9.70. The molecule has 9 aromatic carbocycles. The second kappa shape index (κ2) is 13.0. The Morgan fingerprint density at radius 2 is 0.732 bits per heavy atom. The van der Waals surface area contributed by atoms with Crippen LogP contribution in [0, 0.1) is 0 Å². The monoisotopic (exact) mass is 746 g/mol. The van der Waals surface area contributed by atoms with Crippen molar-refractivity contribution in [2.24, 2.45) is 0 Å². The van der Waals surface area contributed by atoms with E-state index in [1.165, 1.54) is 0 Å². The van der Waals surface area contributed by atoms with Crippen molar-refractivity contribution < 1.29 is 46.6 Å². The second-order valence-corrected chi connectivity index (χ2v) is 12.2. The first-order valence-corrected chi connectivity index (χ1v) is 16.7. The van der Waals surface area contributed by atoms with Gasteiger partial charge >= 0.3 is 0 Å². The summed E-state index contributed by atoms with van der Waals surface area (Å²) in [5.74, 6) is 0. The van der Waals surface area contributed by atoms with E-state index in [9.17, 15) is 26.0 Å². The van der Waals surface area contributed by atoms with Crippen LogP contribution in [0.25, 0.3) is 55.6 Å². The summed E-state index contributed by atoms with van der Waals surface area (Å²) in [5.41, 5.74) is -14.9. The summed E-state index contributed by atoms with van der Waals surface area (Å²) in [5, 5.41) is 0. The molecule has 1 nitrogen and oxygen atoms in total. The molecule has 0 amide bonds. The third kappa shape index (κ3) is 4.95. The Bertz CT molecular complexity index is 4710. The lowest BCUT2D eigenvalue weighted by molar-refractivity contribution is 0.794. The topological polar surface area (TPSA) is 3.24 Å². The fraction of sp³-hybridized carbons (Fsp3) is 0.0182. The Kier molecular flexibility index (Phi) is 3.00. The lowest BCUT2D eigenvalue weighted by Gasteiger charge is -2.30. The first-order valence-electron chi connectivity index (χ1n) is 33.7. The highest BCUT2D eigenvalue weighted by molar-refractivity contribution is 5.96. The molecule has 0 saturated heterocycles. The van der Waals surface area contributed by atoms with Crippen LogP contribution in [-0.4, -0.2) is 0 Å². The predicted octanol–water partition coefficient (Wildman–Crippen LogP) is 14.5. The fourth-order valence-corrected chi connectivity index (χ4v) is 6.99. The van der Waals surface area contributed by atoms with E-state index in [2.05, 4.69) is 0 Å². The van der Waals surface area contributed by atoms with Crippen molar-refractivity contribution in [1.82, 2.24) is 0 Å². The van der Waals surface area contributed by atoms with E-state index in [0.29, 0.717) is 4.90 Å². The van der Waals surface area contributed by atoms with Gasteiger partial charge in [-0.2, -0.15) is 0 Å². The maximum Gasteiger partial charge on any atom is 0.0725 e. The Labute approximate surface area is 376 Å². The highest BCUT2D eigenvalue weighted by Crippen LogP contribution is 2.63. The zero-order valence-electron chi connectivity index (χ0n) is 62.2. The number of hydrogen-bond acceptors (Lipinski definition) is 1. The van der Waals surface area contributed by atoms with Crippen molar-refractivity contribution in [3.8, 4) is 55.6 Å². The Morgan fingerprint density at radius 3 is 1.34 bits per heavy atom. The molecular formula is C55H37N. The zero-order valence-corrected chi connectivity index (χ0v) is 28.2. The molecule has 0 aliphatic heterocycles. The Balaban J connectivity index is 1.27. The predicted molar refractivity (Wildman–Crippen MR) is 234 cm³/mol. The zero-order chi connectivity index (χ0) is 66.6. The van der Waals surface area contributed by atoms with Crippen LogP contribution >= 0.6 is 0 Å². The van der Waals surface area contributed by atoms with Crippen molar-refractivity contribution in [1.29, 1.82) is 0 Å². The highest BCUT2D eigenvalue weighted by atomic mass is 15.1. The molecule has 0 bridgehead atoms. The molecule has 0 fully saturated rings. The van der Waals surface area contributed by atoms with Gasteiger partial charge < -0.3 is 4.90 Å². The number of fused-ring (bicyclic) bond motifs is 10. The summed E-state index contributed by atoms with van der Waals surface area (Å²) in [6.07, 6.45) is 0. The van der Waals surface area contributed by atoms with Crippen LogP contribution in [0.4, 0.5) is 17.1 Å². The molecule has 11 rings (SSSR count). The molecule has 0 heterocycles. The van der Waals surface area contributed by atoms with Crippen LogP contribution in [0.2, 0.25) is 0 Å². The minimum atomic E-state index is -2.81. The van der Waals surface area contributed by atoms with Gasteiger partial charge in [-0.3, -0.25) is 0 Å². The van der Waals surface area contributed by atoms with Crippen molar-refractivity contribution in [2.75, 3.05) is 4.90 Å². The van der Waals surface area contributed by atoms with Crippen molar-refractivity contribution in [3.63, 3.8) is 0 Å². The fourth-order valence-electron chi connectivity index (χ4n) is 6.99. The number of benzene rings is 9. The van der Waals surface area contributed by atoms with Crippen molar-refractivity contribution in [3.05, 3.63) is 246 Å². The van der Waals surface area contributed by atoms with Crippen molar-refractivity contribution >= 4 is 17.1 Å². The van der Waals surface area contributed by atoms with E-state index in [1.54, 1.807) is 0 Å². The van der Waals surface area contributed by atoms with Gasteiger partial charge in [0.15, 0.2) is 0 Å². The van der Waals surface area contributed by atoms with Gasteiger partial charge in [-0.15, -0.1) is 0 Å². The molecule has 2 aliphatic carbocycles. The maximum atomic E-state index is 10.3. The van der Waals surface area contributed by atoms with Gasteiger partial charge in [0.05, 0.1) is 52.0 Å². The van der Waals surface area contributed by atoms with Crippen LogP contribution in [0.1, 0.15) is 68.9 Å². The number of rotatable bonds is 6. The minimum absolute atomic E-state index is 0.504. The number of nitrogens with zero attached hydrogens (tertiary/aromatic N) is 1. The smallest absolute Gasteiger partial charge is 0.0725 e. The summed E-state index contributed by atoms with van der Waals surface area (Å²) in [7, 11) is 0. The summed E-state index contributed by atoms with van der Waals surface area (Å²) in [4.78, 5) is 0.504. The maximum absolute atomic E-state index is 10.3. The third-order valence-corrected chi connectivity index (χ3v) is 9.35. The van der Waals surface area contributed by atoms with Crippen LogP contribution in [0.5, 0.6) is 0 Å². The van der Waals surface area contributed by atoms with E-state index in [-0.39, 0.29) is 0 Å². The molecule has 0 radical (unpaired) electrons. The lowest BCUT2D eigenvalue weighted by Crippen LogP contribution is -2.25. The summed E-state index contributed by atoms with van der Waals surface area (Å²) in [6.45, 7) is 0. The Morgan fingerprint density at radius 1 is 0.286 bits per heavy atom. The van der Waals surface area contributed by atoms with Crippen molar-refractivity contribution in [2.45, 2.75) is 5.41 Å². The molecule has 1 heteroatoms. The van der Waals surface area contributed by atoms with Gasteiger partial charge in [-0.05, 0) is 120 Å². The second-order valence-electron chi connectivity index (χ2n) is 12.2. The van der Waals surface area contributed by atoms with Crippen LogP contribution in [-0.2, 0) is 5.41 Å². The number of anilines is 3. The van der Waals surface area contributed by atoms with Gasteiger partial charge in [0.1, 0.15) is 0 Å². The molecule has 56 heavy (non-hydrogen) atoms. The summed E-state index contributed by atoms with van der Waals surface area (Å²) < 4.78 is 309. The molecular weight excluding hydrogens is 675 g/mol. The van der Waals surface area contributed by atoms with Gasteiger partial charge in [-0.25, -0.2) is 0 Å². The van der Waals surface area contributed by atoms with Crippen LogP contribution in [0.3, 0.4) is 0 Å². The van der Waals surface area contributed by atoms with Gasteiger partial charge in [-0.1, -0.05) is 181 Å². The molecule has 0 saturated carbocycles. The van der Waals surface area contributed by atoms with E-state index in [4.69, 9.17) is 20.6 Å². The van der Waals surface area contributed by atoms with Gasteiger partial charge in [0.2, 0.25) is 0 Å². The largest absolute Gasteiger partial charge is 0.311 e. The average Bonchev–Trinajstić information content (AvgIpc) is 1.47. The molecule has 262 valence electrons. The van der Waals surface area contributed by atoms with E-state index in [0.717, 1.165) is 18.2 Å². The molecule has 0 N–H and O–H groups in total. The van der Waals surface area contributed by atoms with E-state index in [1.807, 2.05) is 0 Å². The molecule has 0 atom stereocenters. The standard InChI is InChI=1S/C55H37N/c1-3-13-38(14-4-1)40-23-30-44(31-24-40)56(45-32-25-41(26-33-45)39-15-5-2-6-16-39)46-34-27-42(28-35-46)43-29-36-50-49-19-9-12-22-53(49)55(54(50)37-43)51-20-10-7-17-47(51)48-18-8-11-21-52(48)55/h1-37H/i1D,2D,3D,4D,5D,6D,7D,8D,9D,10D,11D,12D,13D,14D,15D,17D,18D,19D,20D,21D,22D,23D,24D,25D,26D,27D,29D,30D,31D,32D,33D,35D,36D,37D. The van der Waals surface area contributed by atoms with E-state index >= 15 is 0 Å². The molecule has 2 aliphatic rings. The van der Waals surface area contributed by atoms with Gasteiger partial charge in [0, 0.05) is 17.1 Å². The molecule has 0 aromatic heterocycles. The highest BCUT2D eigenvalue weighted by Gasteiger charge is 2.51. The van der Waals surface area contributed by atoms with E-state index < -0.39 is 306 Å². The number of hydrogen-bond donors (Lipinski definition) is 0. The minimum Gasteiger partial charge on any atom is -0.311 e. The normalized spacial score (nSPS) is 21.3. The van der Waals surface area contributed by atoms with Crippen LogP contribution < -0.4 is 4.90 Å². The summed E-state index contributed by atoms with van der Waals surface area (Å²) in [6, 6.07) is -30.2. The average molecular weight is 746 g/mol. The van der Waals surface area contributed by atoms with Gasteiger partial charge in [0.25, 0.3) is 0 Å².